The number of imidazole rings is 1. The molecule has 0 aliphatic carbocycles. The number of hydrogen-bond acceptors (Lipinski definition) is 3. The Morgan fingerprint density at radius 1 is 1.41 bits per heavy atom. The maximum absolute atomic E-state index is 12.8. The molecule has 1 heterocycles. The molecule has 2 aromatic rings. The fourth-order valence-corrected chi connectivity index (χ4v) is 2.01. The molecule has 0 saturated heterocycles. The highest BCUT2D eigenvalue weighted by atomic mass is 32.2. The van der Waals surface area contributed by atoms with Crippen LogP contribution in [0.15, 0.2) is 41.8 Å². The monoisotopic (exact) mass is 252 g/mol. The molecular formula is C11H9FN2O2S. The SMILES string of the molecule is O=C(O)CSc1nccn1-c1ccc(F)cc1. The second-order valence-corrected chi connectivity index (χ2v) is 4.18. The van der Waals surface area contributed by atoms with Crippen molar-refractivity contribution in [2.45, 2.75) is 5.16 Å². The Hall–Kier alpha value is -1.82. The standard InChI is InChI=1S/C11H9FN2O2S/c12-8-1-3-9(4-2-8)14-6-5-13-11(14)17-7-10(15)16/h1-6H,7H2,(H,15,16). The Morgan fingerprint density at radius 3 is 2.76 bits per heavy atom. The van der Waals surface area contributed by atoms with Crippen LogP contribution in [0, 0.1) is 5.82 Å². The zero-order valence-corrected chi connectivity index (χ0v) is 9.52. The molecule has 1 N–H and O–H groups in total. The van der Waals surface area contributed by atoms with Gasteiger partial charge in [0.1, 0.15) is 5.82 Å². The molecule has 0 bridgehead atoms. The van der Waals surface area contributed by atoms with E-state index in [1.165, 1.54) is 12.1 Å². The number of carboxylic acids is 1. The van der Waals surface area contributed by atoms with Gasteiger partial charge in [0, 0.05) is 18.1 Å². The normalized spacial score (nSPS) is 10.4. The lowest BCUT2D eigenvalue weighted by Crippen LogP contribution is -2.01. The predicted molar refractivity (Wildman–Crippen MR) is 61.9 cm³/mol. The summed E-state index contributed by atoms with van der Waals surface area (Å²) in [5.74, 6) is -1.27. The number of nitrogens with zero attached hydrogens (tertiary/aromatic N) is 2. The summed E-state index contributed by atoms with van der Waals surface area (Å²) in [5, 5.41) is 9.17. The molecule has 0 fully saturated rings. The summed E-state index contributed by atoms with van der Waals surface area (Å²) in [4.78, 5) is 14.5. The summed E-state index contributed by atoms with van der Waals surface area (Å²) in [5.41, 5.74) is 0.747. The Morgan fingerprint density at radius 2 is 2.12 bits per heavy atom. The Balaban J connectivity index is 2.24. The molecule has 0 amide bonds. The van der Waals surface area contributed by atoms with Crippen molar-refractivity contribution in [1.82, 2.24) is 9.55 Å². The highest BCUT2D eigenvalue weighted by Gasteiger charge is 2.07. The third kappa shape index (κ3) is 2.85. The topological polar surface area (TPSA) is 55.1 Å². The van der Waals surface area contributed by atoms with Crippen molar-refractivity contribution in [3.05, 3.63) is 42.5 Å². The highest BCUT2D eigenvalue weighted by molar-refractivity contribution is 7.99. The van der Waals surface area contributed by atoms with Gasteiger partial charge in [-0.25, -0.2) is 9.37 Å². The van der Waals surface area contributed by atoms with E-state index in [-0.39, 0.29) is 11.6 Å². The number of hydrogen-bond donors (Lipinski definition) is 1. The molecule has 1 aromatic carbocycles. The maximum atomic E-state index is 12.8. The summed E-state index contributed by atoms with van der Waals surface area (Å²) in [6, 6.07) is 5.92. The molecule has 0 unspecified atom stereocenters. The van der Waals surface area contributed by atoms with Gasteiger partial charge >= 0.3 is 5.97 Å². The number of aliphatic carboxylic acids is 1. The van der Waals surface area contributed by atoms with Crippen LogP contribution in [0.4, 0.5) is 4.39 Å². The lowest BCUT2D eigenvalue weighted by atomic mass is 10.3. The lowest BCUT2D eigenvalue weighted by Gasteiger charge is -2.06. The third-order valence-corrected chi connectivity index (χ3v) is 2.99. The molecule has 17 heavy (non-hydrogen) atoms. The van der Waals surface area contributed by atoms with Crippen LogP contribution in [0.5, 0.6) is 0 Å². The van der Waals surface area contributed by atoms with Crippen LogP contribution in [0.3, 0.4) is 0 Å². The van der Waals surface area contributed by atoms with Gasteiger partial charge < -0.3 is 5.11 Å². The van der Waals surface area contributed by atoms with Crippen molar-refractivity contribution in [2.24, 2.45) is 0 Å². The Labute approximate surface area is 101 Å². The van der Waals surface area contributed by atoms with E-state index in [1.807, 2.05) is 0 Å². The summed E-state index contributed by atoms with van der Waals surface area (Å²) in [6.45, 7) is 0. The second-order valence-electron chi connectivity index (χ2n) is 3.24. The first kappa shape index (κ1) is 11.7. The van der Waals surface area contributed by atoms with E-state index in [0.717, 1.165) is 17.4 Å². The van der Waals surface area contributed by atoms with E-state index in [1.54, 1.807) is 29.1 Å². The van der Waals surface area contributed by atoms with Crippen molar-refractivity contribution in [3.8, 4) is 5.69 Å². The van der Waals surface area contributed by atoms with E-state index in [9.17, 15) is 9.18 Å². The van der Waals surface area contributed by atoms with Crippen LogP contribution in [0.1, 0.15) is 0 Å². The minimum atomic E-state index is -0.899. The van der Waals surface area contributed by atoms with Crippen LogP contribution >= 0.6 is 11.8 Å². The molecule has 1 aromatic heterocycles. The van der Waals surface area contributed by atoms with Gasteiger partial charge in [0.05, 0.1) is 5.75 Å². The molecule has 0 aliphatic heterocycles. The average Bonchev–Trinajstić information content (AvgIpc) is 2.75. The van der Waals surface area contributed by atoms with Gasteiger partial charge in [0.25, 0.3) is 0 Å². The number of rotatable bonds is 4. The molecule has 4 nitrogen and oxygen atoms in total. The maximum Gasteiger partial charge on any atom is 0.313 e. The molecule has 0 aliphatic rings. The number of carboxylic acid groups (broad SMARTS) is 1. The van der Waals surface area contributed by atoms with E-state index >= 15 is 0 Å². The van der Waals surface area contributed by atoms with Gasteiger partial charge in [-0.15, -0.1) is 0 Å². The third-order valence-electron chi connectivity index (χ3n) is 2.04. The van der Waals surface area contributed by atoms with E-state index in [0.29, 0.717) is 5.16 Å². The van der Waals surface area contributed by atoms with E-state index in [2.05, 4.69) is 4.98 Å². The van der Waals surface area contributed by atoms with Crippen LogP contribution in [0.2, 0.25) is 0 Å². The van der Waals surface area contributed by atoms with Crippen LogP contribution < -0.4 is 0 Å². The first-order chi connectivity index (χ1) is 8.16. The summed E-state index contributed by atoms with van der Waals surface area (Å²) in [6.07, 6.45) is 3.28. The zero-order chi connectivity index (χ0) is 12.3. The van der Waals surface area contributed by atoms with Gasteiger partial charge in [-0.05, 0) is 24.3 Å². The molecule has 2 rings (SSSR count). The quantitative estimate of drug-likeness (QED) is 0.847. The Kier molecular flexibility index (Phi) is 3.43. The number of halogens is 1. The molecule has 0 saturated carbocycles. The molecule has 6 heteroatoms. The fourth-order valence-electron chi connectivity index (χ4n) is 1.32. The summed E-state index contributed by atoms with van der Waals surface area (Å²) < 4.78 is 14.5. The van der Waals surface area contributed by atoms with Crippen LogP contribution in [-0.4, -0.2) is 26.4 Å². The number of thioether (sulfide) groups is 1. The minimum Gasteiger partial charge on any atom is -0.481 e. The molecular weight excluding hydrogens is 243 g/mol. The molecule has 0 spiro atoms. The van der Waals surface area contributed by atoms with E-state index in [4.69, 9.17) is 5.11 Å². The number of carbonyl (C=O) groups is 1. The molecule has 0 radical (unpaired) electrons. The average molecular weight is 252 g/mol. The van der Waals surface area contributed by atoms with E-state index < -0.39 is 5.97 Å². The Bertz CT molecular complexity index is 525. The summed E-state index contributed by atoms with van der Waals surface area (Å²) in [7, 11) is 0. The first-order valence-corrected chi connectivity index (χ1v) is 5.79. The van der Waals surface area contributed by atoms with Crippen molar-refractivity contribution in [2.75, 3.05) is 5.75 Å². The largest absolute Gasteiger partial charge is 0.481 e. The number of benzene rings is 1. The predicted octanol–water partition coefficient (Wildman–Crippen LogP) is 2.19. The first-order valence-electron chi connectivity index (χ1n) is 4.80. The van der Waals surface area contributed by atoms with Crippen molar-refractivity contribution < 1.29 is 14.3 Å². The van der Waals surface area contributed by atoms with Crippen molar-refractivity contribution >= 4 is 17.7 Å². The molecule has 0 atom stereocenters. The highest BCUT2D eigenvalue weighted by Crippen LogP contribution is 2.20. The van der Waals surface area contributed by atoms with Gasteiger partial charge in [-0.1, -0.05) is 11.8 Å². The van der Waals surface area contributed by atoms with Gasteiger partial charge in [-0.2, -0.15) is 0 Å². The smallest absolute Gasteiger partial charge is 0.313 e. The fraction of sp³-hybridized carbons (Fsp3) is 0.0909. The minimum absolute atomic E-state index is 0.0573. The molecule has 88 valence electrons. The van der Waals surface area contributed by atoms with Gasteiger partial charge in [0.15, 0.2) is 5.16 Å². The van der Waals surface area contributed by atoms with Crippen molar-refractivity contribution in [1.29, 1.82) is 0 Å². The van der Waals surface area contributed by atoms with Crippen molar-refractivity contribution in [3.63, 3.8) is 0 Å². The summed E-state index contributed by atoms with van der Waals surface area (Å²) >= 11 is 1.12. The van der Waals surface area contributed by atoms with Crippen LogP contribution in [-0.2, 0) is 4.79 Å². The zero-order valence-electron chi connectivity index (χ0n) is 8.71. The lowest BCUT2D eigenvalue weighted by molar-refractivity contribution is -0.133. The second kappa shape index (κ2) is 5.01. The van der Waals surface area contributed by atoms with Crippen LogP contribution in [0.25, 0.3) is 5.69 Å². The van der Waals surface area contributed by atoms with Gasteiger partial charge in [0.2, 0.25) is 0 Å². The number of aromatic nitrogens is 2. The van der Waals surface area contributed by atoms with Gasteiger partial charge in [-0.3, -0.25) is 9.36 Å².